The zero-order chi connectivity index (χ0) is 17.5. The molecule has 0 atom stereocenters. The molecule has 0 radical (unpaired) electrons. The Bertz CT molecular complexity index is 758. The van der Waals surface area contributed by atoms with Crippen LogP contribution in [0.1, 0.15) is 5.56 Å². The molecule has 0 aliphatic heterocycles. The fraction of sp³-hybridized carbons (Fsp3) is 0.111. The lowest BCUT2D eigenvalue weighted by Crippen LogP contribution is -2.16. The summed E-state index contributed by atoms with van der Waals surface area (Å²) in [7, 11) is 3.37. The smallest absolute Gasteiger partial charge is 0.286 e. The molecule has 2 aromatic rings. The maximum atomic E-state index is 12.1. The number of hydrogen-bond acceptors (Lipinski definition) is 3. The molecule has 2 aromatic carbocycles. The third-order valence-corrected chi connectivity index (χ3v) is 4.37. The molecule has 0 bridgehead atoms. The van der Waals surface area contributed by atoms with Crippen molar-refractivity contribution in [2.45, 2.75) is 4.90 Å². The monoisotopic (exact) mass is 360 g/mol. The van der Waals surface area contributed by atoms with Gasteiger partial charge in [-0.05, 0) is 47.7 Å². The molecule has 2 rings (SSSR count). The highest BCUT2D eigenvalue weighted by Crippen LogP contribution is 2.28. The first kappa shape index (κ1) is 18.1. The standard InChI is InChI=1S/C18H17ClN2O2S/c1-21(2)18(23)24-16-6-4-3-5-15(16)20-17(22)12-9-13-7-10-14(19)11-8-13/h3-12H,1-2H3,(H,20,22)/b12-9+. The van der Waals surface area contributed by atoms with Crippen LogP contribution in [-0.4, -0.2) is 30.1 Å². The highest BCUT2D eigenvalue weighted by molar-refractivity contribution is 8.13. The fourth-order valence-electron chi connectivity index (χ4n) is 1.76. The van der Waals surface area contributed by atoms with Gasteiger partial charge < -0.3 is 10.2 Å². The Hall–Kier alpha value is -2.24. The van der Waals surface area contributed by atoms with Crippen molar-refractivity contribution in [1.82, 2.24) is 4.90 Å². The van der Waals surface area contributed by atoms with Crippen LogP contribution < -0.4 is 5.32 Å². The second-order valence-electron chi connectivity index (χ2n) is 5.13. The van der Waals surface area contributed by atoms with Crippen LogP contribution in [0.2, 0.25) is 5.02 Å². The minimum atomic E-state index is -0.268. The van der Waals surface area contributed by atoms with E-state index >= 15 is 0 Å². The van der Waals surface area contributed by atoms with E-state index in [2.05, 4.69) is 5.32 Å². The van der Waals surface area contributed by atoms with E-state index in [1.807, 2.05) is 24.3 Å². The van der Waals surface area contributed by atoms with Gasteiger partial charge in [0.2, 0.25) is 5.91 Å². The van der Waals surface area contributed by atoms with E-state index in [4.69, 9.17) is 11.6 Å². The summed E-state index contributed by atoms with van der Waals surface area (Å²) in [5, 5.41) is 3.34. The van der Waals surface area contributed by atoms with Gasteiger partial charge in [0.25, 0.3) is 5.24 Å². The molecule has 0 unspecified atom stereocenters. The number of nitrogens with one attached hydrogen (secondary N) is 1. The number of carbonyl (C=O) groups excluding carboxylic acids is 2. The summed E-state index contributed by atoms with van der Waals surface area (Å²) in [6.07, 6.45) is 3.14. The molecule has 6 heteroatoms. The van der Waals surface area contributed by atoms with Crippen molar-refractivity contribution in [2.24, 2.45) is 0 Å². The average molecular weight is 361 g/mol. The molecule has 0 heterocycles. The normalized spacial score (nSPS) is 10.6. The van der Waals surface area contributed by atoms with Crippen LogP contribution in [0.5, 0.6) is 0 Å². The minimum absolute atomic E-state index is 0.103. The molecule has 0 saturated carbocycles. The van der Waals surface area contributed by atoms with Crippen LogP contribution in [0.4, 0.5) is 10.5 Å². The molecular formula is C18H17ClN2O2S. The lowest BCUT2D eigenvalue weighted by molar-refractivity contribution is -0.111. The molecule has 24 heavy (non-hydrogen) atoms. The Balaban J connectivity index is 2.06. The number of thioether (sulfide) groups is 1. The van der Waals surface area contributed by atoms with Crippen LogP contribution >= 0.6 is 23.4 Å². The molecule has 0 saturated heterocycles. The Morgan fingerprint density at radius 2 is 1.75 bits per heavy atom. The fourth-order valence-corrected chi connectivity index (χ4v) is 2.64. The summed E-state index contributed by atoms with van der Waals surface area (Å²) >= 11 is 6.90. The molecular weight excluding hydrogens is 344 g/mol. The molecule has 0 fully saturated rings. The summed E-state index contributed by atoms with van der Waals surface area (Å²) in [6.45, 7) is 0. The highest BCUT2D eigenvalue weighted by Gasteiger charge is 2.11. The third-order valence-electron chi connectivity index (χ3n) is 3.00. The van der Waals surface area contributed by atoms with Gasteiger partial charge in [0.1, 0.15) is 0 Å². The van der Waals surface area contributed by atoms with Crippen LogP contribution in [0, 0.1) is 0 Å². The summed E-state index contributed by atoms with van der Waals surface area (Å²) in [5.74, 6) is -0.268. The van der Waals surface area contributed by atoms with Gasteiger partial charge in [-0.2, -0.15) is 0 Å². The van der Waals surface area contributed by atoms with Crippen LogP contribution in [-0.2, 0) is 4.79 Å². The van der Waals surface area contributed by atoms with E-state index in [0.717, 1.165) is 17.3 Å². The van der Waals surface area contributed by atoms with E-state index in [1.54, 1.807) is 44.4 Å². The van der Waals surface area contributed by atoms with Gasteiger partial charge in [0, 0.05) is 30.1 Å². The number of benzene rings is 2. The zero-order valence-corrected chi connectivity index (χ0v) is 14.9. The van der Waals surface area contributed by atoms with E-state index in [9.17, 15) is 9.59 Å². The second-order valence-corrected chi connectivity index (χ2v) is 6.56. The van der Waals surface area contributed by atoms with Crippen molar-refractivity contribution < 1.29 is 9.59 Å². The Kier molecular flexibility index (Phi) is 6.46. The van der Waals surface area contributed by atoms with Gasteiger partial charge in [-0.3, -0.25) is 9.59 Å². The van der Waals surface area contributed by atoms with Gasteiger partial charge in [-0.1, -0.05) is 35.9 Å². The number of hydrogen-bond donors (Lipinski definition) is 1. The molecule has 0 aliphatic rings. The zero-order valence-electron chi connectivity index (χ0n) is 13.3. The van der Waals surface area contributed by atoms with Crippen molar-refractivity contribution >= 4 is 46.3 Å². The molecule has 4 nitrogen and oxygen atoms in total. The summed E-state index contributed by atoms with van der Waals surface area (Å²) in [5.41, 5.74) is 1.48. The van der Waals surface area contributed by atoms with Gasteiger partial charge in [-0.25, -0.2) is 0 Å². The SMILES string of the molecule is CN(C)C(=O)Sc1ccccc1NC(=O)/C=C/c1ccc(Cl)cc1. The number of amides is 2. The first-order chi connectivity index (χ1) is 11.5. The van der Waals surface area contributed by atoms with Crippen LogP contribution in [0.25, 0.3) is 6.08 Å². The topological polar surface area (TPSA) is 49.4 Å². The first-order valence-corrected chi connectivity index (χ1v) is 8.38. The number of anilines is 1. The van der Waals surface area contributed by atoms with E-state index in [1.165, 1.54) is 11.0 Å². The summed E-state index contributed by atoms with van der Waals surface area (Å²) in [4.78, 5) is 26.1. The molecule has 0 spiro atoms. The van der Waals surface area contributed by atoms with E-state index in [0.29, 0.717) is 15.6 Å². The minimum Gasteiger partial charge on any atom is -0.339 e. The summed E-state index contributed by atoms with van der Waals surface area (Å²) in [6, 6.07) is 14.4. The lowest BCUT2D eigenvalue weighted by Gasteiger charge is -2.12. The van der Waals surface area contributed by atoms with Crippen molar-refractivity contribution in [2.75, 3.05) is 19.4 Å². The van der Waals surface area contributed by atoms with E-state index < -0.39 is 0 Å². The Labute approximate surface area is 150 Å². The van der Waals surface area contributed by atoms with E-state index in [-0.39, 0.29) is 11.1 Å². The Morgan fingerprint density at radius 1 is 1.08 bits per heavy atom. The number of rotatable bonds is 4. The molecule has 124 valence electrons. The largest absolute Gasteiger partial charge is 0.339 e. The summed E-state index contributed by atoms with van der Waals surface area (Å²) < 4.78 is 0. The van der Waals surface area contributed by atoms with Crippen LogP contribution in [0.15, 0.2) is 59.5 Å². The first-order valence-electron chi connectivity index (χ1n) is 7.18. The second kappa shape index (κ2) is 8.57. The third kappa shape index (κ3) is 5.44. The van der Waals surface area contributed by atoms with Gasteiger partial charge in [-0.15, -0.1) is 0 Å². The maximum absolute atomic E-state index is 12.1. The molecule has 0 aromatic heterocycles. The Morgan fingerprint density at radius 3 is 2.42 bits per heavy atom. The number of nitrogens with zero attached hydrogens (tertiary/aromatic N) is 1. The average Bonchev–Trinajstić information content (AvgIpc) is 2.56. The molecule has 2 amide bonds. The van der Waals surface area contributed by atoms with Crippen LogP contribution in [0.3, 0.4) is 0 Å². The number of halogens is 1. The van der Waals surface area contributed by atoms with Crippen molar-refractivity contribution in [1.29, 1.82) is 0 Å². The van der Waals surface area contributed by atoms with Gasteiger partial charge in [0.05, 0.1) is 5.69 Å². The quantitative estimate of drug-likeness (QED) is 0.631. The van der Waals surface area contributed by atoms with Gasteiger partial charge >= 0.3 is 0 Å². The number of para-hydroxylation sites is 1. The molecule has 1 N–H and O–H groups in total. The lowest BCUT2D eigenvalue weighted by atomic mass is 10.2. The predicted molar refractivity (Wildman–Crippen MR) is 100 cm³/mol. The maximum Gasteiger partial charge on any atom is 0.286 e. The van der Waals surface area contributed by atoms with Crippen molar-refractivity contribution in [3.05, 3.63) is 65.2 Å². The van der Waals surface area contributed by atoms with Crippen molar-refractivity contribution in [3.8, 4) is 0 Å². The number of carbonyl (C=O) groups is 2. The highest BCUT2D eigenvalue weighted by atomic mass is 35.5. The van der Waals surface area contributed by atoms with Gasteiger partial charge in [0.15, 0.2) is 0 Å². The predicted octanol–water partition coefficient (Wildman–Crippen LogP) is 4.77. The van der Waals surface area contributed by atoms with Crippen molar-refractivity contribution in [3.63, 3.8) is 0 Å². The molecule has 0 aliphatic carbocycles.